The molecule has 0 unspecified atom stereocenters. The molecule has 3 rings (SSSR count). The second-order valence-electron chi connectivity index (χ2n) is 5.39. The quantitative estimate of drug-likeness (QED) is 0.915. The average Bonchev–Trinajstić information content (AvgIpc) is 2.61. The number of hydrogen-bond acceptors (Lipinski definition) is 6. The van der Waals surface area contributed by atoms with Crippen LogP contribution >= 0.6 is 0 Å². The van der Waals surface area contributed by atoms with Gasteiger partial charge in [-0.05, 0) is 37.0 Å². The lowest BCUT2D eigenvalue weighted by atomic mass is 10.1. The van der Waals surface area contributed by atoms with Gasteiger partial charge in [-0.1, -0.05) is 12.1 Å². The van der Waals surface area contributed by atoms with Crippen molar-refractivity contribution >= 4 is 11.8 Å². The highest BCUT2D eigenvalue weighted by Gasteiger charge is 2.14. The number of piperidine rings is 1. The minimum atomic E-state index is 0.697. The number of anilines is 2. The summed E-state index contributed by atoms with van der Waals surface area (Å²) in [7, 11) is 1.67. The molecule has 0 spiro atoms. The van der Waals surface area contributed by atoms with Crippen LogP contribution in [0.15, 0.2) is 30.5 Å². The van der Waals surface area contributed by atoms with Crippen molar-refractivity contribution in [3.8, 4) is 5.75 Å². The Morgan fingerprint density at radius 1 is 1.14 bits per heavy atom. The van der Waals surface area contributed by atoms with Crippen LogP contribution in [0.3, 0.4) is 0 Å². The van der Waals surface area contributed by atoms with E-state index in [1.807, 2.05) is 24.3 Å². The van der Waals surface area contributed by atoms with Crippen molar-refractivity contribution in [3.05, 3.63) is 36.0 Å². The molecule has 0 atom stereocenters. The van der Waals surface area contributed by atoms with Crippen molar-refractivity contribution in [2.24, 2.45) is 0 Å². The van der Waals surface area contributed by atoms with Gasteiger partial charge in [0.15, 0.2) is 5.82 Å². The first kappa shape index (κ1) is 14.6. The van der Waals surface area contributed by atoms with Gasteiger partial charge in [0.05, 0.1) is 13.3 Å². The molecule has 0 saturated carbocycles. The molecule has 2 aromatic rings. The lowest BCUT2D eigenvalue weighted by Crippen LogP contribution is -2.31. The predicted octanol–water partition coefficient (Wildman–Crippen LogP) is 2.48. The van der Waals surface area contributed by atoms with Crippen molar-refractivity contribution < 1.29 is 4.74 Å². The maximum atomic E-state index is 5.16. The molecule has 0 amide bonds. The van der Waals surface area contributed by atoms with Crippen LogP contribution in [0.5, 0.6) is 5.75 Å². The van der Waals surface area contributed by atoms with Crippen LogP contribution in [-0.4, -0.2) is 35.4 Å². The van der Waals surface area contributed by atoms with Gasteiger partial charge >= 0.3 is 0 Å². The van der Waals surface area contributed by atoms with Gasteiger partial charge in [0.1, 0.15) is 5.75 Å². The summed E-state index contributed by atoms with van der Waals surface area (Å²) in [5.74, 6) is 2.34. The van der Waals surface area contributed by atoms with Crippen LogP contribution in [0.25, 0.3) is 0 Å². The Morgan fingerprint density at radius 2 is 1.91 bits per heavy atom. The van der Waals surface area contributed by atoms with Gasteiger partial charge in [0.25, 0.3) is 0 Å². The molecule has 6 nitrogen and oxygen atoms in total. The lowest BCUT2D eigenvalue weighted by Gasteiger charge is -2.26. The molecule has 1 aliphatic heterocycles. The van der Waals surface area contributed by atoms with Gasteiger partial charge in [0, 0.05) is 19.6 Å². The number of nitrogens with zero attached hydrogens (tertiary/aromatic N) is 4. The Kier molecular flexibility index (Phi) is 4.68. The van der Waals surface area contributed by atoms with E-state index >= 15 is 0 Å². The number of methoxy groups -OCH3 is 1. The van der Waals surface area contributed by atoms with E-state index in [0.29, 0.717) is 6.54 Å². The zero-order valence-electron chi connectivity index (χ0n) is 12.8. The first-order chi connectivity index (χ1) is 10.8. The summed E-state index contributed by atoms with van der Waals surface area (Å²) in [6, 6.07) is 7.97. The van der Waals surface area contributed by atoms with Crippen LogP contribution in [-0.2, 0) is 6.54 Å². The molecule has 1 aliphatic rings. The zero-order valence-corrected chi connectivity index (χ0v) is 12.8. The van der Waals surface area contributed by atoms with E-state index in [1.165, 1.54) is 24.8 Å². The van der Waals surface area contributed by atoms with Crippen LogP contribution < -0.4 is 15.0 Å². The van der Waals surface area contributed by atoms with Gasteiger partial charge in [0.2, 0.25) is 5.95 Å². The average molecular weight is 299 g/mol. The Morgan fingerprint density at radius 3 is 2.64 bits per heavy atom. The van der Waals surface area contributed by atoms with E-state index in [2.05, 4.69) is 25.4 Å². The van der Waals surface area contributed by atoms with Gasteiger partial charge in [-0.25, -0.2) is 0 Å². The molecule has 0 aliphatic carbocycles. The fraction of sp³-hybridized carbons (Fsp3) is 0.438. The van der Waals surface area contributed by atoms with E-state index < -0.39 is 0 Å². The van der Waals surface area contributed by atoms with E-state index in [1.54, 1.807) is 13.3 Å². The third-order valence-electron chi connectivity index (χ3n) is 3.82. The molecule has 116 valence electrons. The van der Waals surface area contributed by atoms with Gasteiger partial charge < -0.3 is 15.0 Å². The zero-order chi connectivity index (χ0) is 15.2. The van der Waals surface area contributed by atoms with Crippen LogP contribution in [0.1, 0.15) is 24.8 Å². The second kappa shape index (κ2) is 7.06. The third kappa shape index (κ3) is 3.63. The number of nitrogens with one attached hydrogen (secondary N) is 1. The summed E-state index contributed by atoms with van der Waals surface area (Å²) >= 11 is 0. The highest BCUT2D eigenvalue weighted by molar-refractivity contribution is 5.40. The van der Waals surface area contributed by atoms with E-state index in [-0.39, 0.29) is 0 Å². The largest absolute Gasteiger partial charge is 0.497 e. The minimum absolute atomic E-state index is 0.697. The SMILES string of the molecule is COc1ccc(CNc2cnnc(N3CCCCC3)n2)cc1. The number of hydrogen-bond donors (Lipinski definition) is 1. The molecular weight excluding hydrogens is 278 g/mol. The van der Waals surface area contributed by atoms with Gasteiger partial charge in [-0.3, -0.25) is 0 Å². The maximum absolute atomic E-state index is 5.16. The minimum Gasteiger partial charge on any atom is -0.497 e. The maximum Gasteiger partial charge on any atom is 0.247 e. The van der Waals surface area contributed by atoms with Crippen molar-refractivity contribution in [2.75, 3.05) is 30.4 Å². The Bertz CT molecular complexity index is 596. The molecule has 1 saturated heterocycles. The van der Waals surface area contributed by atoms with Gasteiger partial charge in [-0.15, -0.1) is 5.10 Å². The Hall–Kier alpha value is -2.37. The molecule has 1 fully saturated rings. The summed E-state index contributed by atoms with van der Waals surface area (Å²) in [6.07, 6.45) is 5.36. The molecule has 22 heavy (non-hydrogen) atoms. The standard InChI is InChI=1S/C16H21N5O/c1-22-14-7-5-13(6-8-14)11-17-15-12-18-20-16(19-15)21-9-3-2-4-10-21/h5-8,12H,2-4,9-11H2,1H3,(H,17,19,20). The molecular formula is C16H21N5O. The van der Waals surface area contributed by atoms with E-state index in [9.17, 15) is 0 Å². The third-order valence-corrected chi connectivity index (χ3v) is 3.82. The highest BCUT2D eigenvalue weighted by atomic mass is 16.5. The molecule has 1 aromatic carbocycles. The summed E-state index contributed by atoms with van der Waals surface area (Å²) in [5, 5.41) is 11.5. The highest BCUT2D eigenvalue weighted by Crippen LogP contribution is 2.17. The molecule has 0 bridgehead atoms. The Balaban J connectivity index is 1.62. The number of aromatic nitrogens is 3. The fourth-order valence-corrected chi connectivity index (χ4v) is 2.54. The van der Waals surface area contributed by atoms with E-state index in [0.717, 1.165) is 30.6 Å². The molecule has 6 heteroatoms. The summed E-state index contributed by atoms with van der Waals surface area (Å²) in [6.45, 7) is 2.73. The summed E-state index contributed by atoms with van der Waals surface area (Å²) < 4.78 is 5.16. The summed E-state index contributed by atoms with van der Waals surface area (Å²) in [5.41, 5.74) is 1.17. The topological polar surface area (TPSA) is 63.2 Å². The number of benzene rings is 1. The molecule has 1 N–H and O–H groups in total. The summed E-state index contributed by atoms with van der Waals surface area (Å²) in [4.78, 5) is 6.77. The first-order valence-electron chi connectivity index (χ1n) is 7.66. The van der Waals surface area contributed by atoms with Crippen molar-refractivity contribution in [1.82, 2.24) is 15.2 Å². The lowest BCUT2D eigenvalue weighted by molar-refractivity contribution is 0.414. The second-order valence-corrected chi connectivity index (χ2v) is 5.39. The van der Waals surface area contributed by atoms with Crippen molar-refractivity contribution in [3.63, 3.8) is 0 Å². The number of ether oxygens (including phenoxy) is 1. The van der Waals surface area contributed by atoms with Crippen molar-refractivity contribution in [2.45, 2.75) is 25.8 Å². The molecule has 2 heterocycles. The smallest absolute Gasteiger partial charge is 0.247 e. The molecule has 0 radical (unpaired) electrons. The van der Waals surface area contributed by atoms with Crippen LogP contribution in [0.4, 0.5) is 11.8 Å². The van der Waals surface area contributed by atoms with Crippen molar-refractivity contribution in [1.29, 1.82) is 0 Å². The van der Waals surface area contributed by atoms with Crippen LogP contribution in [0.2, 0.25) is 0 Å². The molecule has 1 aromatic heterocycles. The first-order valence-corrected chi connectivity index (χ1v) is 7.66. The number of rotatable bonds is 5. The Labute approximate surface area is 130 Å². The monoisotopic (exact) mass is 299 g/mol. The van der Waals surface area contributed by atoms with Gasteiger partial charge in [-0.2, -0.15) is 10.1 Å². The van der Waals surface area contributed by atoms with Crippen LogP contribution in [0, 0.1) is 0 Å². The fourth-order valence-electron chi connectivity index (χ4n) is 2.54. The normalized spacial score (nSPS) is 14.7. The van der Waals surface area contributed by atoms with E-state index in [4.69, 9.17) is 4.74 Å². The predicted molar refractivity (Wildman–Crippen MR) is 86.2 cm³/mol.